The van der Waals surface area contributed by atoms with Crippen molar-refractivity contribution < 1.29 is 4.74 Å². The Morgan fingerprint density at radius 2 is 2.12 bits per heavy atom. The second-order valence-corrected chi connectivity index (χ2v) is 6.20. The Balaban J connectivity index is 2.05. The van der Waals surface area contributed by atoms with Crippen LogP contribution in [0, 0.1) is 0 Å². The number of likely N-dealkylation sites (N-methyl/N-ethyl adjacent to an activating group) is 1. The summed E-state index contributed by atoms with van der Waals surface area (Å²) in [7, 11) is 2.02. The fraction of sp³-hybridized carbons (Fsp3) is 0.714. The van der Waals surface area contributed by atoms with Crippen molar-refractivity contribution in [1.82, 2.24) is 5.32 Å². The van der Waals surface area contributed by atoms with E-state index in [1.54, 1.807) is 10.4 Å². The molecule has 1 N–H and O–H groups in total. The molecule has 0 saturated carbocycles. The van der Waals surface area contributed by atoms with E-state index in [9.17, 15) is 0 Å². The maximum Gasteiger partial charge on any atom is 0.0672 e. The molecular formula is C14H23NOS. The molecule has 1 aromatic rings. The number of hydrogen-bond donors (Lipinski definition) is 1. The summed E-state index contributed by atoms with van der Waals surface area (Å²) < 4.78 is 5.73. The Morgan fingerprint density at radius 3 is 2.76 bits per heavy atom. The van der Waals surface area contributed by atoms with Crippen molar-refractivity contribution in [3.8, 4) is 0 Å². The summed E-state index contributed by atoms with van der Waals surface area (Å²) in [6.07, 6.45) is 5.57. The van der Waals surface area contributed by atoms with Crippen LogP contribution in [0.15, 0.2) is 6.07 Å². The van der Waals surface area contributed by atoms with E-state index in [-0.39, 0.29) is 0 Å². The normalized spacial score (nSPS) is 17.2. The molecular weight excluding hydrogens is 230 g/mol. The SMILES string of the molecule is CNC(COC(C)C)c1cc2c(s1)CCCC2. The average molecular weight is 253 g/mol. The monoisotopic (exact) mass is 253 g/mol. The lowest BCUT2D eigenvalue weighted by atomic mass is 9.99. The fourth-order valence-electron chi connectivity index (χ4n) is 2.28. The van der Waals surface area contributed by atoms with Crippen LogP contribution in [-0.2, 0) is 17.6 Å². The van der Waals surface area contributed by atoms with Crippen molar-refractivity contribution in [2.45, 2.75) is 51.7 Å². The van der Waals surface area contributed by atoms with Crippen molar-refractivity contribution >= 4 is 11.3 Å². The van der Waals surface area contributed by atoms with Gasteiger partial charge < -0.3 is 10.1 Å². The summed E-state index contributed by atoms with van der Waals surface area (Å²) in [5, 5.41) is 3.37. The van der Waals surface area contributed by atoms with Gasteiger partial charge in [-0.15, -0.1) is 11.3 Å². The predicted molar refractivity (Wildman–Crippen MR) is 73.8 cm³/mol. The number of fused-ring (bicyclic) bond motifs is 1. The summed E-state index contributed by atoms with van der Waals surface area (Å²) in [6.45, 7) is 4.95. The molecule has 0 bridgehead atoms. The number of ether oxygens (including phenoxy) is 1. The third-order valence-corrected chi connectivity index (χ3v) is 4.65. The minimum absolute atomic E-state index is 0.306. The highest BCUT2D eigenvalue weighted by Crippen LogP contribution is 2.32. The molecule has 0 aliphatic heterocycles. The van der Waals surface area contributed by atoms with Crippen LogP contribution in [0.2, 0.25) is 0 Å². The van der Waals surface area contributed by atoms with Gasteiger partial charge in [0.2, 0.25) is 0 Å². The van der Waals surface area contributed by atoms with Crippen LogP contribution in [-0.4, -0.2) is 19.8 Å². The molecule has 96 valence electrons. The largest absolute Gasteiger partial charge is 0.377 e. The lowest BCUT2D eigenvalue weighted by Gasteiger charge is -2.16. The summed E-state index contributed by atoms with van der Waals surface area (Å²) in [5.74, 6) is 0. The quantitative estimate of drug-likeness (QED) is 0.869. The number of rotatable bonds is 5. The second kappa shape index (κ2) is 5.98. The molecule has 1 aliphatic carbocycles. The Hall–Kier alpha value is -0.380. The van der Waals surface area contributed by atoms with Gasteiger partial charge in [0, 0.05) is 9.75 Å². The number of nitrogens with one attached hydrogen (secondary N) is 1. The predicted octanol–water partition coefficient (Wildman–Crippen LogP) is 3.31. The first-order valence-corrected chi connectivity index (χ1v) is 7.42. The maximum atomic E-state index is 5.73. The van der Waals surface area contributed by atoms with Gasteiger partial charge in [0.05, 0.1) is 18.8 Å². The Labute approximate surface area is 108 Å². The van der Waals surface area contributed by atoms with Crippen LogP contribution >= 0.6 is 11.3 Å². The maximum absolute atomic E-state index is 5.73. The molecule has 1 unspecified atom stereocenters. The molecule has 2 nitrogen and oxygen atoms in total. The zero-order valence-corrected chi connectivity index (χ0v) is 11.9. The van der Waals surface area contributed by atoms with E-state index < -0.39 is 0 Å². The molecule has 0 spiro atoms. The van der Waals surface area contributed by atoms with E-state index in [1.807, 2.05) is 18.4 Å². The van der Waals surface area contributed by atoms with Crippen LogP contribution < -0.4 is 5.32 Å². The first-order chi connectivity index (χ1) is 8.20. The number of hydrogen-bond acceptors (Lipinski definition) is 3. The van der Waals surface area contributed by atoms with Gasteiger partial charge >= 0.3 is 0 Å². The minimum Gasteiger partial charge on any atom is -0.377 e. The molecule has 3 heteroatoms. The summed E-state index contributed by atoms with van der Waals surface area (Å²) in [5.41, 5.74) is 1.58. The smallest absolute Gasteiger partial charge is 0.0672 e. The molecule has 0 saturated heterocycles. The molecule has 0 aromatic carbocycles. The summed E-state index contributed by atoms with van der Waals surface area (Å²) in [4.78, 5) is 3.05. The number of aryl methyl sites for hydroxylation is 2. The molecule has 17 heavy (non-hydrogen) atoms. The van der Waals surface area contributed by atoms with Crippen LogP contribution in [0.4, 0.5) is 0 Å². The van der Waals surface area contributed by atoms with Gasteiger partial charge in [-0.1, -0.05) is 0 Å². The third kappa shape index (κ3) is 3.30. The van der Waals surface area contributed by atoms with Gasteiger partial charge in [-0.3, -0.25) is 0 Å². The minimum atomic E-state index is 0.306. The highest BCUT2D eigenvalue weighted by molar-refractivity contribution is 7.12. The highest BCUT2D eigenvalue weighted by atomic mass is 32.1. The zero-order valence-electron chi connectivity index (χ0n) is 11.1. The molecule has 1 aliphatic rings. The molecule has 1 atom stereocenters. The first kappa shape index (κ1) is 13.1. The standard InChI is InChI=1S/C14H23NOS/c1-10(2)16-9-12(15-3)14-8-11-6-4-5-7-13(11)17-14/h8,10,12,15H,4-7,9H2,1-3H3. The van der Waals surface area contributed by atoms with Crippen molar-refractivity contribution in [3.05, 3.63) is 21.4 Å². The van der Waals surface area contributed by atoms with E-state index in [0.717, 1.165) is 6.61 Å². The van der Waals surface area contributed by atoms with Crippen LogP contribution in [0.25, 0.3) is 0 Å². The third-order valence-electron chi connectivity index (χ3n) is 3.30. The summed E-state index contributed by atoms with van der Waals surface area (Å²) in [6, 6.07) is 2.75. The van der Waals surface area contributed by atoms with Gasteiger partial charge in [0.1, 0.15) is 0 Å². The lowest BCUT2D eigenvalue weighted by Crippen LogP contribution is -2.22. The molecule has 1 heterocycles. The molecule has 0 radical (unpaired) electrons. The lowest BCUT2D eigenvalue weighted by molar-refractivity contribution is 0.0632. The molecule has 0 fully saturated rings. The van der Waals surface area contributed by atoms with E-state index in [4.69, 9.17) is 4.74 Å². The van der Waals surface area contributed by atoms with E-state index >= 15 is 0 Å². The fourth-order valence-corrected chi connectivity index (χ4v) is 3.63. The highest BCUT2D eigenvalue weighted by Gasteiger charge is 2.18. The van der Waals surface area contributed by atoms with Crippen LogP contribution in [0.1, 0.15) is 48.0 Å². The number of thiophene rings is 1. The second-order valence-electron chi connectivity index (χ2n) is 5.03. The summed E-state index contributed by atoms with van der Waals surface area (Å²) >= 11 is 1.98. The van der Waals surface area contributed by atoms with Crippen LogP contribution in [0.3, 0.4) is 0 Å². The Bertz CT molecular complexity index is 336. The van der Waals surface area contributed by atoms with Crippen molar-refractivity contribution in [2.75, 3.05) is 13.7 Å². The van der Waals surface area contributed by atoms with Gasteiger partial charge in [-0.25, -0.2) is 0 Å². The van der Waals surface area contributed by atoms with E-state index in [0.29, 0.717) is 12.1 Å². The van der Waals surface area contributed by atoms with Crippen LogP contribution in [0.5, 0.6) is 0 Å². The van der Waals surface area contributed by atoms with E-state index in [1.165, 1.54) is 30.6 Å². The van der Waals surface area contributed by atoms with Gasteiger partial charge in [0.15, 0.2) is 0 Å². The Kier molecular flexibility index (Phi) is 4.60. The van der Waals surface area contributed by atoms with Crippen molar-refractivity contribution in [3.63, 3.8) is 0 Å². The molecule has 1 aromatic heterocycles. The topological polar surface area (TPSA) is 21.3 Å². The molecule has 0 amide bonds. The van der Waals surface area contributed by atoms with Crippen molar-refractivity contribution in [1.29, 1.82) is 0 Å². The van der Waals surface area contributed by atoms with Crippen molar-refractivity contribution in [2.24, 2.45) is 0 Å². The Morgan fingerprint density at radius 1 is 1.35 bits per heavy atom. The van der Waals surface area contributed by atoms with Gasteiger partial charge in [-0.2, -0.15) is 0 Å². The zero-order chi connectivity index (χ0) is 12.3. The first-order valence-electron chi connectivity index (χ1n) is 6.61. The van der Waals surface area contributed by atoms with E-state index in [2.05, 4.69) is 25.2 Å². The molecule has 2 rings (SSSR count). The average Bonchev–Trinajstić information content (AvgIpc) is 2.72. The van der Waals surface area contributed by atoms with Gasteiger partial charge in [-0.05, 0) is 58.2 Å². The van der Waals surface area contributed by atoms with Gasteiger partial charge in [0.25, 0.3) is 0 Å².